The molecule has 5 heteroatoms. The third-order valence-electron chi connectivity index (χ3n) is 3.94. The summed E-state index contributed by atoms with van der Waals surface area (Å²) in [7, 11) is 0. The van der Waals surface area contributed by atoms with Gasteiger partial charge in [-0.1, -0.05) is 60.7 Å². The van der Waals surface area contributed by atoms with Crippen LogP contribution in [0.3, 0.4) is 0 Å². The van der Waals surface area contributed by atoms with Gasteiger partial charge in [-0.2, -0.15) is 0 Å². The van der Waals surface area contributed by atoms with Gasteiger partial charge in [-0.3, -0.25) is 9.59 Å². The summed E-state index contributed by atoms with van der Waals surface area (Å²) in [6, 6.07) is 20.1. The Bertz CT molecular complexity index is 932. The van der Waals surface area contributed by atoms with E-state index in [9.17, 15) is 9.59 Å². The molecule has 3 rings (SSSR count). The average molecular weight is 333 g/mol. The maximum absolute atomic E-state index is 12.6. The Balaban J connectivity index is 1.90. The summed E-state index contributed by atoms with van der Waals surface area (Å²) < 4.78 is 0. The van der Waals surface area contributed by atoms with Crippen LogP contribution in [-0.2, 0) is 5.54 Å². The van der Waals surface area contributed by atoms with E-state index in [1.54, 1.807) is 0 Å². The second-order valence-electron chi connectivity index (χ2n) is 6.29. The van der Waals surface area contributed by atoms with Crippen molar-refractivity contribution in [1.29, 1.82) is 0 Å². The van der Waals surface area contributed by atoms with Crippen molar-refractivity contribution in [3.8, 4) is 11.4 Å². The Hall–Kier alpha value is -3.21. The van der Waals surface area contributed by atoms with Gasteiger partial charge in [0.25, 0.3) is 11.5 Å². The minimum Gasteiger partial charge on any atom is -0.342 e. The maximum Gasteiger partial charge on any atom is 0.270 e. The van der Waals surface area contributed by atoms with Gasteiger partial charge in [0, 0.05) is 11.6 Å². The number of hydrogen-bond donors (Lipinski definition) is 2. The first-order valence-electron chi connectivity index (χ1n) is 8.00. The van der Waals surface area contributed by atoms with Crippen LogP contribution in [0.4, 0.5) is 0 Å². The molecule has 0 atom stereocenters. The highest BCUT2D eigenvalue weighted by molar-refractivity contribution is 5.93. The normalized spacial score (nSPS) is 11.1. The van der Waals surface area contributed by atoms with Gasteiger partial charge in [0.05, 0.1) is 5.54 Å². The van der Waals surface area contributed by atoms with E-state index in [4.69, 9.17) is 0 Å². The first-order chi connectivity index (χ1) is 12.0. The number of aromatic amines is 1. The number of nitrogens with one attached hydrogen (secondary N) is 2. The van der Waals surface area contributed by atoms with Crippen LogP contribution in [0.5, 0.6) is 0 Å². The Morgan fingerprint density at radius 2 is 1.60 bits per heavy atom. The SMILES string of the molecule is CC(C)(NC(=O)c1cc(=O)[nH]c(-c2ccccc2)n1)c1ccccc1. The number of benzene rings is 2. The van der Waals surface area contributed by atoms with Crippen molar-refractivity contribution in [3.63, 3.8) is 0 Å². The van der Waals surface area contributed by atoms with E-state index in [2.05, 4.69) is 15.3 Å². The molecule has 0 saturated carbocycles. The number of hydrogen-bond acceptors (Lipinski definition) is 3. The Kier molecular flexibility index (Phi) is 4.48. The number of nitrogens with zero attached hydrogens (tertiary/aromatic N) is 1. The van der Waals surface area contributed by atoms with Gasteiger partial charge >= 0.3 is 0 Å². The summed E-state index contributed by atoms with van der Waals surface area (Å²) in [5, 5.41) is 2.94. The van der Waals surface area contributed by atoms with Crippen LogP contribution in [0, 0.1) is 0 Å². The lowest BCUT2D eigenvalue weighted by atomic mass is 9.94. The highest BCUT2D eigenvalue weighted by Crippen LogP contribution is 2.20. The highest BCUT2D eigenvalue weighted by atomic mass is 16.2. The number of carbonyl (C=O) groups is 1. The molecule has 1 amide bonds. The minimum absolute atomic E-state index is 0.0895. The monoisotopic (exact) mass is 333 g/mol. The van der Waals surface area contributed by atoms with Gasteiger partial charge in [-0.15, -0.1) is 0 Å². The largest absolute Gasteiger partial charge is 0.342 e. The molecule has 0 aliphatic rings. The number of carbonyl (C=O) groups excluding carboxylic acids is 1. The van der Waals surface area contributed by atoms with Gasteiger partial charge in [0.15, 0.2) is 0 Å². The van der Waals surface area contributed by atoms with E-state index < -0.39 is 11.4 Å². The maximum atomic E-state index is 12.6. The average Bonchev–Trinajstić information content (AvgIpc) is 2.62. The Labute approximate surface area is 145 Å². The lowest BCUT2D eigenvalue weighted by Crippen LogP contribution is -2.41. The summed E-state index contributed by atoms with van der Waals surface area (Å²) in [6.07, 6.45) is 0. The van der Waals surface area contributed by atoms with Crippen molar-refractivity contribution >= 4 is 5.91 Å². The quantitative estimate of drug-likeness (QED) is 0.770. The topological polar surface area (TPSA) is 74.8 Å². The first-order valence-corrected chi connectivity index (χ1v) is 8.00. The van der Waals surface area contributed by atoms with Crippen LogP contribution < -0.4 is 10.9 Å². The molecular weight excluding hydrogens is 314 g/mol. The third-order valence-corrected chi connectivity index (χ3v) is 3.94. The summed E-state index contributed by atoms with van der Waals surface area (Å²) in [6.45, 7) is 3.82. The molecule has 126 valence electrons. The molecule has 1 aromatic heterocycles. The zero-order valence-electron chi connectivity index (χ0n) is 14.1. The van der Waals surface area contributed by atoms with Crippen molar-refractivity contribution in [2.24, 2.45) is 0 Å². The molecule has 1 heterocycles. The molecule has 3 aromatic rings. The molecule has 0 bridgehead atoms. The minimum atomic E-state index is -0.588. The molecule has 0 spiro atoms. The van der Waals surface area contributed by atoms with Crippen LogP contribution in [-0.4, -0.2) is 15.9 Å². The van der Waals surface area contributed by atoms with E-state index in [-0.39, 0.29) is 11.3 Å². The highest BCUT2D eigenvalue weighted by Gasteiger charge is 2.24. The summed E-state index contributed by atoms with van der Waals surface area (Å²) >= 11 is 0. The van der Waals surface area contributed by atoms with Crippen LogP contribution in [0.1, 0.15) is 29.9 Å². The van der Waals surface area contributed by atoms with Gasteiger partial charge < -0.3 is 10.3 Å². The zero-order chi connectivity index (χ0) is 17.9. The van der Waals surface area contributed by atoms with Crippen molar-refractivity contribution in [2.45, 2.75) is 19.4 Å². The lowest BCUT2D eigenvalue weighted by molar-refractivity contribution is 0.0906. The van der Waals surface area contributed by atoms with Gasteiger partial charge in [0.2, 0.25) is 0 Å². The predicted molar refractivity (Wildman–Crippen MR) is 97.2 cm³/mol. The number of aromatic nitrogens is 2. The Morgan fingerprint density at radius 1 is 1.00 bits per heavy atom. The van der Waals surface area contributed by atoms with Crippen molar-refractivity contribution in [1.82, 2.24) is 15.3 Å². The number of rotatable bonds is 4. The summed E-state index contributed by atoms with van der Waals surface area (Å²) in [4.78, 5) is 31.6. The van der Waals surface area contributed by atoms with E-state index >= 15 is 0 Å². The second-order valence-corrected chi connectivity index (χ2v) is 6.29. The van der Waals surface area contributed by atoms with E-state index in [1.165, 1.54) is 6.07 Å². The van der Waals surface area contributed by atoms with Crippen LogP contribution >= 0.6 is 0 Å². The molecule has 25 heavy (non-hydrogen) atoms. The third kappa shape index (κ3) is 3.83. The lowest BCUT2D eigenvalue weighted by Gasteiger charge is -2.26. The fraction of sp³-hybridized carbons (Fsp3) is 0.150. The zero-order valence-corrected chi connectivity index (χ0v) is 14.1. The van der Waals surface area contributed by atoms with Crippen LogP contribution in [0.25, 0.3) is 11.4 Å². The predicted octanol–water partition coefficient (Wildman–Crippen LogP) is 3.10. The molecule has 5 nitrogen and oxygen atoms in total. The molecule has 0 fully saturated rings. The van der Waals surface area contributed by atoms with E-state index in [0.717, 1.165) is 11.1 Å². The molecule has 2 N–H and O–H groups in total. The van der Waals surface area contributed by atoms with Crippen molar-refractivity contribution in [2.75, 3.05) is 0 Å². The molecule has 0 radical (unpaired) electrons. The Morgan fingerprint density at radius 3 is 2.24 bits per heavy atom. The van der Waals surface area contributed by atoms with Crippen molar-refractivity contribution < 1.29 is 4.79 Å². The van der Waals surface area contributed by atoms with Gasteiger partial charge in [-0.05, 0) is 19.4 Å². The van der Waals surface area contributed by atoms with E-state index in [0.29, 0.717) is 5.82 Å². The second kappa shape index (κ2) is 6.73. The summed E-state index contributed by atoms with van der Waals surface area (Å²) in [5.74, 6) is -0.0205. The van der Waals surface area contributed by atoms with Crippen LogP contribution in [0.2, 0.25) is 0 Å². The molecule has 2 aromatic carbocycles. The fourth-order valence-corrected chi connectivity index (χ4v) is 2.58. The van der Waals surface area contributed by atoms with Gasteiger partial charge in [0.1, 0.15) is 11.5 Å². The molecular formula is C20H19N3O2. The molecule has 0 saturated heterocycles. The standard InChI is InChI=1S/C20H19N3O2/c1-20(2,15-11-7-4-8-12-15)23-19(25)16-13-17(24)22-18(21-16)14-9-5-3-6-10-14/h3-13H,1-2H3,(H,23,25)(H,21,22,24). The number of amides is 1. The molecule has 0 unspecified atom stereocenters. The van der Waals surface area contributed by atoms with E-state index in [1.807, 2.05) is 74.5 Å². The molecule has 0 aliphatic heterocycles. The smallest absolute Gasteiger partial charge is 0.270 e. The van der Waals surface area contributed by atoms with Gasteiger partial charge in [-0.25, -0.2) is 4.98 Å². The fourth-order valence-electron chi connectivity index (χ4n) is 2.58. The summed E-state index contributed by atoms with van der Waals surface area (Å²) in [5.41, 5.74) is 0.853. The first kappa shape index (κ1) is 16.6. The van der Waals surface area contributed by atoms with Crippen LogP contribution in [0.15, 0.2) is 71.5 Å². The molecule has 0 aliphatic carbocycles. The number of H-pyrrole nitrogens is 1. The van der Waals surface area contributed by atoms with Crippen molar-refractivity contribution in [3.05, 3.63) is 88.3 Å².